The molecular weight excluding hydrogens is 248 g/mol. The minimum absolute atomic E-state index is 0.00577. The molecule has 0 spiro atoms. The predicted octanol–water partition coefficient (Wildman–Crippen LogP) is 1.03. The Labute approximate surface area is 113 Å². The van der Waals surface area contributed by atoms with Crippen LogP contribution in [0.15, 0.2) is 0 Å². The lowest BCUT2D eigenvalue weighted by molar-refractivity contribution is 0.0785. The third-order valence-corrected chi connectivity index (χ3v) is 3.51. The number of hydrogen-bond acceptors (Lipinski definition) is 3. The number of rotatable bonds is 4. The van der Waals surface area contributed by atoms with E-state index < -0.39 is 0 Å². The summed E-state index contributed by atoms with van der Waals surface area (Å²) >= 11 is 4.92. The topological polar surface area (TPSA) is 64.2 Å². The number of carbonyl (C=O) groups is 1. The van der Waals surface area contributed by atoms with Crippen LogP contribution in [0.2, 0.25) is 0 Å². The highest BCUT2D eigenvalue weighted by Crippen LogP contribution is 2.14. The van der Waals surface area contributed by atoms with E-state index in [0.29, 0.717) is 17.1 Å². The molecule has 0 aliphatic carbocycles. The first-order chi connectivity index (χ1) is 8.25. The zero-order chi connectivity index (χ0) is 14.0. The van der Waals surface area contributed by atoms with Crippen molar-refractivity contribution in [3.8, 4) is 0 Å². The zero-order valence-corrected chi connectivity index (χ0v) is 12.3. The van der Waals surface area contributed by atoms with Gasteiger partial charge in [-0.25, -0.2) is 0 Å². The van der Waals surface area contributed by atoms with Gasteiger partial charge in [-0.1, -0.05) is 19.1 Å². The highest BCUT2D eigenvalue weighted by Gasteiger charge is 2.22. The van der Waals surface area contributed by atoms with Crippen LogP contribution in [0.4, 0.5) is 0 Å². The summed E-state index contributed by atoms with van der Waals surface area (Å²) in [6.45, 7) is 6.15. The number of hydrogen-bond donors (Lipinski definition) is 1. The quantitative estimate of drug-likeness (QED) is 0.828. The summed E-state index contributed by atoms with van der Waals surface area (Å²) in [5, 5.41) is 4.25. The molecular formula is C12H20N4OS. The zero-order valence-electron chi connectivity index (χ0n) is 11.5. The Bertz CT molecular complexity index is 481. The maximum absolute atomic E-state index is 12.3. The second-order valence-electron chi connectivity index (χ2n) is 4.66. The number of amides is 1. The highest BCUT2D eigenvalue weighted by molar-refractivity contribution is 7.80. The average Bonchev–Trinajstić information content (AvgIpc) is 2.52. The number of nitrogens with zero attached hydrogens (tertiary/aromatic N) is 3. The highest BCUT2D eigenvalue weighted by atomic mass is 32.1. The van der Waals surface area contributed by atoms with Crippen LogP contribution in [0, 0.1) is 19.8 Å². The van der Waals surface area contributed by atoms with Gasteiger partial charge in [0.25, 0.3) is 5.91 Å². The summed E-state index contributed by atoms with van der Waals surface area (Å²) in [6, 6.07) is 0. The number of nitrogens with two attached hydrogens (primary N) is 1. The molecule has 18 heavy (non-hydrogen) atoms. The van der Waals surface area contributed by atoms with Crippen LogP contribution in [-0.4, -0.2) is 39.2 Å². The van der Waals surface area contributed by atoms with Gasteiger partial charge in [-0.15, -0.1) is 0 Å². The standard InChI is InChI=1S/C12H20N4OS/c1-7(11(13)18)6-15(4)12(17)10-8(2)14-16(5)9(10)3/h7H,6H2,1-5H3,(H2,13,18). The summed E-state index contributed by atoms with van der Waals surface area (Å²) in [4.78, 5) is 14.4. The van der Waals surface area contributed by atoms with Gasteiger partial charge < -0.3 is 10.6 Å². The van der Waals surface area contributed by atoms with E-state index in [-0.39, 0.29) is 11.8 Å². The van der Waals surface area contributed by atoms with Crippen molar-refractivity contribution in [3.05, 3.63) is 17.0 Å². The molecule has 1 unspecified atom stereocenters. The fraction of sp³-hybridized carbons (Fsp3) is 0.583. The van der Waals surface area contributed by atoms with E-state index in [2.05, 4.69) is 5.10 Å². The summed E-state index contributed by atoms with van der Waals surface area (Å²) in [6.07, 6.45) is 0. The van der Waals surface area contributed by atoms with E-state index in [1.807, 2.05) is 27.8 Å². The lowest BCUT2D eigenvalue weighted by Gasteiger charge is -2.21. The molecule has 6 heteroatoms. The molecule has 100 valence electrons. The van der Waals surface area contributed by atoms with Gasteiger partial charge in [-0.2, -0.15) is 5.10 Å². The van der Waals surface area contributed by atoms with Gasteiger partial charge in [0, 0.05) is 32.3 Å². The van der Waals surface area contributed by atoms with Crippen molar-refractivity contribution in [2.24, 2.45) is 18.7 Å². The van der Waals surface area contributed by atoms with Crippen LogP contribution in [0.5, 0.6) is 0 Å². The molecule has 0 radical (unpaired) electrons. The predicted molar refractivity (Wildman–Crippen MR) is 75.6 cm³/mol. The van der Waals surface area contributed by atoms with Crippen molar-refractivity contribution in [1.82, 2.24) is 14.7 Å². The fourth-order valence-corrected chi connectivity index (χ4v) is 1.93. The van der Waals surface area contributed by atoms with E-state index in [0.717, 1.165) is 11.4 Å². The molecule has 0 bridgehead atoms. The maximum Gasteiger partial charge on any atom is 0.257 e. The molecule has 0 saturated heterocycles. The summed E-state index contributed by atoms with van der Waals surface area (Å²) in [7, 11) is 3.58. The molecule has 0 aliphatic rings. The second-order valence-corrected chi connectivity index (χ2v) is 5.13. The monoisotopic (exact) mass is 268 g/mol. The van der Waals surface area contributed by atoms with Crippen LogP contribution >= 0.6 is 12.2 Å². The van der Waals surface area contributed by atoms with Gasteiger partial charge >= 0.3 is 0 Å². The van der Waals surface area contributed by atoms with Crippen molar-refractivity contribution < 1.29 is 4.79 Å². The largest absolute Gasteiger partial charge is 0.393 e. The Morgan fingerprint density at radius 1 is 1.56 bits per heavy atom. The number of carbonyl (C=O) groups excluding carboxylic acids is 1. The second kappa shape index (κ2) is 5.48. The van der Waals surface area contributed by atoms with E-state index >= 15 is 0 Å². The van der Waals surface area contributed by atoms with E-state index in [4.69, 9.17) is 18.0 Å². The molecule has 1 aromatic rings. The normalized spacial score (nSPS) is 12.3. The molecule has 1 rings (SSSR count). The van der Waals surface area contributed by atoms with Crippen LogP contribution in [-0.2, 0) is 7.05 Å². The van der Waals surface area contributed by atoms with E-state index in [9.17, 15) is 4.79 Å². The molecule has 0 aromatic carbocycles. The van der Waals surface area contributed by atoms with E-state index in [1.54, 1.807) is 16.6 Å². The molecule has 0 aliphatic heterocycles. The van der Waals surface area contributed by atoms with Crippen LogP contribution < -0.4 is 5.73 Å². The minimum atomic E-state index is -0.0406. The Morgan fingerprint density at radius 3 is 2.50 bits per heavy atom. The summed E-state index contributed by atoms with van der Waals surface area (Å²) < 4.78 is 1.72. The first kappa shape index (κ1) is 14.6. The smallest absolute Gasteiger partial charge is 0.257 e. The molecule has 1 aromatic heterocycles. The third kappa shape index (κ3) is 2.87. The Hall–Kier alpha value is -1.43. The average molecular weight is 268 g/mol. The van der Waals surface area contributed by atoms with Gasteiger partial charge in [0.05, 0.1) is 16.2 Å². The van der Waals surface area contributed by atoms with Crippen LogP contribution in [0.3, 0.4) is 0 Å². The number of thiocarbonyl (C=S) groups is 1. The number of aryl methyl sites for hydroxylation is 2. The lowest BCUT2D eigenvalue weighted by atomic mass is 10.1. The van der Waals surface area contributed by atoms with Crippen molar-refractivity contribution in [2.75, 3.05) is 13.6 Å². The van der Waals surface area contributed by atoms with Gasteiger partial charge in [0.2, 0.25) is 0 Å². The van der Waals surface area contributed by atoms with Crippen LogP contribution in [0.1, 0.15) is 28.7 Å². The molecule has 5 nitrogen and oxygen atoms in total. The molecule has 1 amide bonds. The van der Waals surface area contributed by atoms with Gasteiger partial charge in [0.1, 0.15) is 0 Å². The molecule has 1 atom stereocenters. The first-order valence-corrected chi connectivity index (χ1v) is 6.21. The Kier molecular flexibility index (Phi) is 4.45. The SMILES string of the molecule is Cc1nn(C)c(C)c1C(=O)N(C)CC(C)C(N)=S. The summed E-state index contributed by atoms with van der Waals surface area (Å²) in [5.41, 5.74) is 7.84. The van der Waals surface area contributed by atoms with Crippen LogP contribution in [0.25, 0.3) is 0 Å². The summed E-state index contributed by atoms with van der Waals surface area (Å²) in [5.74, 6) is -0.0348. The van der Waals surface area contributed by atoms with Gasteiger partial charge in [-0.05, 0) is 13.8 Å². The van der Waals surface area contributed by atoms with E-state index in [1.165, 1.54) is 0 Å². The molecule has 1 heterocycles. The Balaban J connectivity index is 2.90. The maximum atomic E-state index is 12.3. The fourth-order valence-electron chi connectivity index (χ4n) is 1.86. The molecule has 2 N–H and O–H groups in total. The first-order valence-electron chi connectivity index (χ1n) is 5.80. The third-order valence-electron chi connectivity index (χ3n) is 3.10. The van der Waals surface area contributed by atoms with Gasteiger partial charge in [-0.3, -0.25) is 9.48 Å². The lowest BCUT2D eigenvalue weighted by Crippen LogP contribution is -2.35. The van der Waals surface area contributed by atoms with Crippen molar-refractivity contribution in [1.29, 1.82) is 0 Å². The minimum Gasteiger partial charge on any atom is -0.393 e. The van der Waals surface area contributed by atoms with Crippen molar-refractivity contribution in [3.63, 3.8) is 0 Å². The van der Waals surface area contributed by atoms with Crippen molar-refractivity contribution >= 4 is 23.1 Å². The molecule has 0 fully saturated rings. The Morgan fingerprint density at radius 2 is 2.11 bits per heavy atom. The van der Waals surface area contributed by atoms with Crippen molar-refractivity contribution in [2.45, 2.75) is 20.8 Å². The van der Waals surface area contributed by atoms with Gasteiger partial charge in [0.15, 0.2) is 0 Å². The molecule has 0 saturated carbocycles. The number of aromatic nitrogens is 2.